The lowest BCUT2D eigenvalue weighted by Crippen LogP contribution is -2.34. The van der Waals surface area contributed by atoms with Crippen LogP contribution in [0.2, 0.25) is 0 Å². The maximum Gasteiger partial charge on any atom is 0.394 e. The summed E-state index contributed by atoms with van der Waals surface area (Å²) >= 11 is 0. The van der Waals surface area contributed by atoms with Crippen molar-refractivity contribution in [2.24, 2.45) is 0 Å². The molecule has 0 amide bonds. The molecular weight excluding hydrogens is 246 g/mol. The van der Waals surface area contributed by atoms with Gasteiger partial charge < -0.3 is 15.5 Å². The second-order valence-corrected chi connectivity index (χ2v) is 3.46. The van der Waals surface area contributed by atoms with Crippen molar-refractivity contribution in [3.05, 3.63) is 0 Å². The average Bonchev–Trinajstić information content (AvgIpc) is 2.00. The van der Waals surface area contributed by atoms with Gasteiger partial charge in [0.15, 0.2) is 0 Å². The quantitative estimate of drug-likeness (QED) is 0.384. The molecule has 5 N–H and O–H groups in total. The highest BCUT2D eigenvalue weighted by atomic mass is 32.3. The lowest BCUT2D eigenvalue weighted by Gasteiger charge is -2.07. The molecule has 0 aliphatic rings. The molecule has 0 aromatic carbocycles. The van der Waals surface area contributed by atoms with Crippen molar-refractivity contribution in [1.82, 2.24) is 5.32 Å². The molecule has 0 heterocycles. The van der Waals surface area contributed by atoms with Crippen molar-refractivity contribution in [2.75, 3.05) is 7.05 Å². The molecule has 0 aromatic heterocycles. The van der Waals surface area contributed by atoms with Crippen LogP contribution in [-0.2, 0) is 20.0 Å². The summed E-state index contributed by atoms with van der Waals surface area (Å²) < 4.78 is 31.6. The lowest BCUT2D eigenvalue weighted by atomic mass is 10.1. The smallest absolute Gasteiger partial charge is 0.394 e. The summed E-state index contributed by atoms with van der Waals surface area (Å²) in [5, 5.41) is 19.1. The number of hydrogen-bond donors (Lipinski definition) is 5. The van der Waals surface area contributed by atoms with E-state index in [1.54, 1.807) is 0 Å². The van der Waals surface area contributed by atoms with Crippen LogP contribution in [0.4, 0.5) is 0 Å². The van der Waals surface area contributed by atoms with Crippen LogP contribution < -0.4 is 5.32 Å². The van der Waals surface area contributed by atoms with Gasteiger partial charge in [-0.3, -0.25) is 18.7 Å². The minimum Gasteiger partial charge on any atom is -0.481 e. The van der Waals surface area contributed by atoms with Crippen molar-refractivity contribution in [3.8, 4) is 0 Å². The zero-order valence-corrected chi connectivity index (χ0v) is 9.14. The van der Waals surface area contributed by atoms with Crippen LogP contribution in [0.3, 0.4) is 0 Å². The van der Waals surface area contributed by atoms with Gasteiger partial charge in [0.25, 0.3) is 0 Å². The van der Waals surface area contributed by atoms with E-state index in [2.05, 4.69) is 5.32 Å². The van der Waals surface area contributed by atoms with Crippen molar-refractivity contribution < 1.29 is 37.3 Å². The van der Waals surface area contributed by atoms with E-state index in [-0.39, 0.29) is 12.8 Å². The summed E-state index contributed by atoms with van der Waals surface area (Å²) in [4.78, 5) is 20.3. The SMILES string of the molecule is CN[C@@H](CCC(=O)O)C(=O)O.O=S(=O)(O)O. The molecule has 0 spiro atoms. The minimum atomic E-state index is -4.67. The number of carboxylic acid groups (broad SMARTS) is 2. The number of carbonyl (C=O) groups is 2. The predicted octanol–water partition coefficient (Wildman–Crippen LogP) is -1.13. The molecule has 0 rings (SSSR count). The summed E-state index contributed by atoms with van der Waals surface area (Å²) in [6, 6.07) is -0.758. The number of likely N-dealkylation sites (N-methyl/N-ethyl adjacent to an activating group) is 1. The van der Waals surface area contributed by atoms with Gasteiger partial charge in [-0.05, 0) is 13.5 Å². The minimum absolute atomic E-state index is 0.112. The third-order valence-electron chi connectivity index (χ3n) is 1.29. The number of hydrogen-bond acceptors (Lipinski definition) is 5. The zero-order valence-electron chi connectivity index (χ0n) is 8.32. The molecule has 96 valence electrons. The average molecular weight is 259 g/mol. The van der Waals surface area contributed by atoms with Crippen LogP contribution in [0.1, 0.15) is 12.8 Å². The van der Waals surface area contributed by atoms with E-state index < -0.39 is 28.4 Å². The second-order valence-electron chi connectivity index (χ2n) is 2.56. The van der Waals surface area contributed by atoms with E-state index in [4.69, 9.17) is 27.7 Å². The Morgan fingerprint density at radius 1 is 1.25 bits per heavy atom. The highest BCUT2D eigenvalue weighted by Gasteiger charge is 2.15. The first-order valence-electron chi connectivity index (χ1n) is 3.89. The topological polar surface area (TPSA) is 161 Å². The first-order chi connectivity index (χ1) is 7.07. The van der Waals surface area contributed by atoms with Crippen molar-refractivity contribution in [3.63, 3.8) is 0 Å². The van der Waals surface area contributed by atoms with E-state index >= 15 is 0 Å². The number of carboxylic acids is 2. The van der Waals surface area contributed by atoms with Crippen LogP contribution >= 0.6 is 0 Å². The van der Waals surface area contributed by atoms with Gasteiger partial charge in [0.05, 0.1) is 0 Å². The Balaban J connectivity index is 0. The number of nitrogens with one attached hydrogen (secondary N) is 1. The van der Waals surface area contributed by atoms with E-state index in [1.165, 1.54) is 7.05 Å². The molecule has 0 bridgehead atoms. The van der Waals surface area contributed by atoms with Crippen molar-refractivity contribution in [1.29, 1.82) is 0 Å². The molecule has 0 fully saturated rings. The van der Waals surface area contributed by atoms with Crippen molar-refractivity contribution in [2.45, 2.75) is 18.9 Å². The fourth-order valence-corrected chi connectivity index (χ4v) is 0.659. The summed E-state index contributed by atoms with van der Waals surface area (Å²) in [6.07, 6.45) is -0.0149. The van der Waals surface area contributed by atoms with E-state index in [9.17, 15) is 9.59 Å². The monoisotopic (exact) mass is 259 g/mol. The third kappa shape index (κ3) is 18.5. The molecule has 0 unspecified atom stereocenters. The maximum absolute atomic E-state index is 10.3. The summed E-state index contributed by atoms with van der Waals surface area (Å²) in [5.41, 5.74) is 0. The first kappa shape index (κ1) is 17.2. The van der Waals surface area contributed by atoms with Gasteiger partial charge in [-0.25, -0.2) is 0 Å². The van der Waals surface area contributed by atoms with Gasteiger partial charge in [0.1, 0.15) is 6.04 Å². The van der Waals surface area contributed by atoms with Crippen LogP contribution in [-0.4, -0.2) is 52.8 Å². The molecule has 0 aliphatic heterocycles. The highest BCUT2D eigenvalue weighted by Crippen LogP contribution is 1.96. The molecule has 0 radical (unpaired) electrons. The van der Waals surface area contributed by atoms with Crippen molar-refractivity contribution >= 4 is 22.3 Å². The summed E-state index contributed by atoms with van der Waals surface area (Å²) in [5.74, 6) is -2.00. The Hall–Kier alpha value is -1.23. The summed E-state index contributed by atoms with van der Waals surface area (Å²) in [7, 11) is -3.18. The van der Waals surface area contributed by atoms with Crippen LogP contribution in [0.5, 0.6) is 0 Å². The van der Waals surface area contributed by atoms with Gasteiger partial charge in [0, 0.05) is 6.42 Å². The van der Waals surface area contributed by atoms with Crippen LogP contribution in [0.25, 0.3) is 0 Å². The molecule has 0 saturated carbocycles. The molecule has 0 aliphatic carbocycles. The molecule has 0 saturated heterocycles. The van der Waals surface area contributed by atoms with Gasteiger partial charge in [-0.2, -0.15) is 8.42 Å². The van der Waals surface area contributed by atoms with Crippen LogP contribution in [0.15, 0.2) is 0 Å². The standard InChI is InChI=1S/C6H11NO4.H2O4S/c1-7-4(6(10)11)2-3-5(8)9;1-5(2,3)4/h4,7H,2-3H2,1H3,(H,8,9)(H,10,11);(H2,1,2,3,4)/t4-;/m0./s1. The molecule has 0 aromatic rings. The Morgan fingerprint density at radius 3 is 1.81 bits per heavy atom. The van der Waals surface area contributed by atoms with Gasteiger partial charge >= 0.3 is 22.3 Å². The molecule has 16 heavy (non-hydrogen) atoms. The second kappa shape index (κ2) is 7.98. The predicted molar refractivity (Wildman–Crippen MR) is 51.5 cm³/mol. The fourth-order valence-electron chi connectivity index (χ4n) is 0.659. The number of rotatable bonds is 5. The fraction of sp³-hybridized carbons (Fsp3) is 0.667. The molecule has 1 atom stereocenters. The van der Waals surface area contributed by atoms with E-state index in [1.807, 2.05) is 0 Å². The third-order valence-corrected chi connectivity index (χ3v) is 1.29. The maximum atomic E-state index is 10.3. The molecule has 10 heteroatoms. The Labute approximate surface area is 91.7 Å². The molecule has 9 nitrogen and oxygen atoms in total. The van der Waals surface area contributed by atoms with Crippen LogP contribution in [0, 0.1) is 0 Å². The Kier molecular flexibility index (Phi) is 8.57. The Bertz CT molecular complexity index is 315. The summed E-state index contributed by atoms with van der Waals surface area (Å²) in [6.45, 7) is 0. The van der Waals surface area contributed by atoms with E-state index in [0.717, 1.165) is 0 Å². The van der Waals surface area contributed by atoms with Gasteiger partial charge in [0.2, 0.25) is 0 Å². The number of aliphatic carboxylic acids is 2. The highest BCUT2D eigenvalue weighted by molar-refractivity contribution is 7.79. The lowest BCUT2D eigenvalue weighted by molar-refractivity contribution is -0.140. The normalized spacial score (nSPS) is 12.2. The molecular formula is C6H13NO8S. The van der Waals surface area contributed by atoms with E-state index in [0.29, 0.717) is 0 Å². The zero-order chi connectivity index (χ0) is 13.4. The van der Waals surface area contributed by atoms with Gasteiger partial charge in [-0.1, -0.05) is 0 Å². The van der Waals surface area contributed by atoms with Gasteiger partial charge in [-0.15, -0.1) is 0 Å². The Morgan fingerprint density at radius 2 is 1.62 bits per heavy atom. The largest absolute Gasteiger partial charge is 0.481 e. The first-order valence-corrected chi connectivity index (χ1v) is 5.29.